The van der Waals surface area contributed by atoms with Crippen molar-refractivity contribution in [3.8, 4) is 23.7 Å². The molecule has 216 valence electrons. The zero-order valence-electron chi connectivity index (χ0n) is 24.8. The lowest BCUT2D eigenvalue weighted by Gasteiger charge is -2.29. The van der Waals surface area contributed by atoms with Crippen molar-refractivity contribution >= 4 is 33.5 Å². The molecule has 0 aliphatic heterocycles. The minimum atomic E-state index is -1.04. The standard InChI is InChI=1S/C41H28O4/c1-41(2,37-21-19-35(39(42)43)25-33(37)17-13-27-11-15-29-7-3-5-9-31(29)23-27)38-22-20-36(40(44)45)26-34(38)18-14-28-12-16-30-8-4-6-10-32(30)24-28/h3-12,15-16,19-26H,1-2H3,(H,42,43)(H,44,45). The van der Waals surface area contributed by atoms with Crippen LogP contribution in [0.2, 0.25) is 0 Å². The summed E-state index contributed by atoms with van der Waals surface area (Å²) in [7, 11) is 0. The molecule has 6 aromatic rings. The van der Waals surface area contributed by atoms with Gasteiger partial charge in [0.05, 0.1) is 11.1 Å². The Morgan fingerprint density at radius 1 is 0.489 bits per heavy atom. The molecule has 0 fully saturated rings. The van der Waals surface area contributed by atoms with Crippen molar-refractivity contribution in [2.24, 2.45) is 0 Å². The molecule has 0 amide bonds. The second kappa shape index (κ2) is 11.9. The fourth-order valence-corrected chi connectivity index (χ4v) is 5.61. The monoisotopic (exact) mass is 584 g/mol. The lowest BCUT2D eigenvalue weighted by Crippen LogP contribution is -2.22. The number of benzene rings is 6. The summed E-state index contributed by atoms with van der Waals surface area (Å²) in [6, 6.07) is 38.0. The molecule has 45 heavy (non-hydrogen) atoms. The van der Waals surface area contributed by atoms with E-state index in [9.17, 15) is 19.8 Å². The van der Waals surface area contributed by atoms with Crippen LogP contribution in [-0.2, 0) is 5.41 Å². The van der Waals surface area contributed by atoms with Gasteiger partial charge in [0.25, 0.3) is 0 Å². The van der Waals surface area contributed by atoms with Gasteiger partial charge in [0.15, 0.2) is 0 Å². The van der Waals surface area contributed by atoms with Crippen LogP contribution in [-0.4, -0.2) is 22.2 Å². The van der Waals surface area contributed by atoms with E-state index in [-0.39, 0.29) is 11.1 Å². The molecule has 2 N–H and O–H groups in total. The van der Waals surface area contributed by atoms with Crippen LogP contribution in [0, 0.1) is 23.7 Å². The number of fused-ring (bicyclic) bond motifs is 2. The van der Waals surface area contributed by atoms with Crippen molar-refractivity contribution in [3.63, 3.8) is 0 Å². The molecule has 0 heterocycles. The smallest absolute Gasteiger partial charge is 0.335 e. The maximum absolute atomic E-state index is 11.9. The van der Waals surface area contributed by atoms with Gasteiger partial charge in [-0.05, 0) is 81.2 Å². The van der Waals surface area contributed by atoms with Gasteiger partial charge in [-0.15, -0.1) is 0 Å². The quantitative estimate of drug-likeness (QED) is 0.204. The van der Waals surface area contributed by atoms with Crippen molar-refractivity contribution in [1.82, 2.24) is 0 Å². The Hall–Kier alpha value is -6.10. The Morgan fingerprint density at radius 3 is 1.29 bits per heavy atom. The largest absolute Gasteiger partial charge is 0.478 e. The van der Waals surface area contributed by atoms with Gasteiger partial charge in [0.1, 0.15) is 0 Å². The summed E-state index contributed by atoms with van der Waals surface area (Å²) in [5.41, 5.74) is 3.93. The molecule has 0 aliphatic rings. The maximum Gasteiger partial charge on any atom is 0.335 e. The Morgan fingerprint density at radius 2 is 0.889 bits per heavy atom. The number of aromatic carboxylic acids is 2. The maximum atomic E-state index is 11.9. The van der Waals surface area contributed by atoms with Gasteiger partial charge in [0.2, 0.25) is 0 Å². The molecule has 6 aromatic carbocycles. The Labute approximate surface area is 261 Å². The van der Waals surface area contributed by atoms with Crippen LogP contribution in [0.3, 0.4) is 0 Å². The number of hydrogen-bond acceptors (Lipinski definition) is 2. The van der Waals surface area contributed by atoms with Crippen molar-refractivity contribution in [1.29, 1.82) is 0 Å². The molecule has 0 aromatic heterocycles. The highest BCUT2D eigenvalue weighted by Crippen LogP contribution is 2.36. The average Bonchev–Trinajstić information content (AvgIpc) is 3.05. The predicted molar refractivity (Wildman–Crippen MR) is 179 cm³/mol. The van der Waals surface area contributed by atoms with Gasteiger partial charge in [-0.3, -0.25) is 0 Å². The first-order chi connectivity index (χ1) is 21.7. The Balaban J connectivity index is 1.47. The fraction of sp³-hybridized carbons (Fsp3) is 0.0732. The van der Waals surface area contributed by atoms with Gasteiger partial charge >= 0.3 is 11.9 Å². The van der Waals surface area contributed by atoms with E-state index in [0.717, 1.165) is 43.8 Å². The van der Waals surface area contributed by atoms with E-state index in [4.69, 9.17) is 0 Å². The number of carboxylic acids is 2. The van der Waals surface area contributed by atoms with Gasteiger partial charge in [-0.2, -0.15) is 0 Å². The van der Waals surface area contributed by atoms with Crippen LogP contribution in [0.15, 0.2) is 121 Å². The zero-order chi connectivity index (χ0) is 31.6. The summed E-state index contributed by atoms with van der Waals surface area (Å²) < 4.78 is 0. The lowest BCUT2D eigenvalue weighted by atomic mass is 9.73. The summed E-state index contributed by atoms with van der Waals surface area (Å²) in [5, 5.41) is 23.9. The van der Waals surface area contributed by atoms with E-state index in [1.807, 2.05) is 98.8 Å². The van der Waals surface area contributed by atoms with Crippen LogP contribution in [0.5, 0.6) is 0 Å². The van der Waals surface area contributed by atoms with Crippen LogP contribution in [0.1, 0.15) is 67.9 Å². The SMILES string of the molecule is CC(C)(c1ccc(C(=O)O)cc1C#Cc1ccc2ccccc2c1)c1ccc(C(=O)O)cc1C#Cc1ccc2ccccc2c1. The van der Waals surface area contributed by atoms with E-state index < -0.39 is 17.4 Å². The van der Waals surface area contributed by atoms with Crippen molar-refractivity contribution < 1.29 is 19.8 Å². The zero-order valence-corrected chi connectivity index (χ0v) is 24.8. The molecule has 0 unspecified atom stereocenters. The first kappa shape index (κ1) is 29.0. The topological polar surface area (TPSA) is 74.6 Å². The van der Waals surface area contributed by atoms with E-state index >= 15 is 0 Å². The minimum Gasteiger partial charge on any atom is -0.478 e. The summed E-state index contributed by atoms with van der Waals surface area (Å²) in [5.74, 6) is 10.9. The van der Waals surface area contributed by atoms with E-state index in [1.54, 1.807) is 36.4 Å². The van der Waals surface area contributed by atoms with Crippen molar-refractivity contribution in [3.05, 3.63) is 166 Å². The summed E-state index contributed by atoms with van der Waals surface area (Å²) in [6.45, 7) is 4.03. The van der Waals surface area contributed by atoms with Gasteiger partial charge in [-0.1, -0.05) is 110 Å². The highest BCUT2D eigenvalue weighted by atomic mass is 16.4. The normalized spacial score (nSPS) is 10.9. The Bertz CT molecular complexity index is 2110. The molecule has 0 spiro atoms. The fourth-order valence-electron chi connectivity index (χ4n) is 5.61. The van der Waals surface area contributed by atoms with E-state index in [2.05, 4.69) is 23.7 Å². The molecule has 0 atom stereocenters. The number of rotatable bonds is 4. The molecule has 6 rings (SSSR count). The highest BCUT2D eigenvalue weighted by Gasteiger charge is 2.29. The first-order valence-electron chi connectivity index (χ1n) is 14.5. The van der Waals surface area contributed by atoms with Crippen LogP contribution >= 0.6 is 0 Å². The molecule has 4 heteroatoms. The Kier molecular flexibility index (Phi) is 7.66. The number of carbonyl (C=O) groups is 2. The summed E-state index contributed by atoms with van der Waals surface area (Å²) in [6.07, 6.45) is 0. The highest BCUT2D eigenvalue weighted by molar-refractivity contribution is 5.89. The minimum absolute atomic E-state index is 0.134. The van der Waals surface area contributed by atoms with Gasteiger partial charge < -0.3 is 10.2 Å². The molecule has 4 nitrogen and oxygen atoms in total. The number of carboxylic acid groups (broad SMARTS) is 2. The van der Waals surface area contributed by atoms with Gasteiger partial charge in [0, 0.05) is 27.7 Å². The predicted octanol–water partition coefficient (Wildman–Crippen LogP) is 8.51. The first-order valence-corrected chi connectivity index (χ1v) is 14.5. The van der Waals surface area contributed by atoms with Crippen molar-refractivity contribution in [2.45, 2.75) is 19.3 Å². The second-order valence-corrected chi connectivity index (χ2v) is 11.4. The molecule has 0 saturated heterocycles. The lowest BCUT2D eigenvalue weighted by molar-refractivity contribution is 0.0686. The summed E-state index contributed by atoms with van der Waals surface area (Å²) in [4.78, 5) is 23.9. The third kappa shape index (κ3) is 6.04. The molecule has 0 saturated carbocycles. The van der Waals surface area contributed by atoms with E-state index in [0.29, 0.717) is 11.1 Å². The van der Waals surface area contributed by atoms with Crippen LogP contribution < -0.4 is 0 Å². The molecule has 0 bridgehead atoms. The summed E-state index contributed by atoms with van der Waals surface area (Å²) >= 11 is 0. The molecular weight excluding hydrogens is 556 g/mol. The third-order valence-electron chi connectivity index (χ3n) is 8.06. The van der Waals surface area contributed by atoms with E-state index in [1.165, 1.54) is 0 Å². The average molecular weight is 585 g/mol. The third-order valence-corrected chi connectivity index (χ3v) is 8.06. The number of hydrogen-bond donors (Lipinski definition) is 2. The molecule has 0 radical (unpaired) electrons. The van der Waals surface area contributed by atoms with Gasteiger partial charge in [-0.25, -0.2) is 9.59 Å². The van der Waals surface area contributed by atoms with Crippen LogP contribution in [0.25, 0.3) is 21.5 Å². The van der Waals surface area contributed by atoms with Crippen molar-refractivity contribution in [2.75, 3.05) is 0 Å². The molecular formula is C41H28O4. The molecule has 0 aliphatic carbocycles. The second-order valence-electron chi connectivity index (χ2n) is 11.4. The van der Waals surface area contributed by atoms with Crippen LogP contribution in [0.4, 0.5) is 0 Å².